The van der Waals surface area contributed by atoms with Crippen LogP contribution in [0.15, 0.2) is 23.1 Å². The Labute approximate surface area is 103 Å². The molecule has 0 spiro atoms. The molecular weight excluding hydrogens is 218 g/mol. The minimum Gasteiger partial charge on any atom is -0.489 e. The van der Waals surface area contributed by atoms with E-state index in [0.29, 0.717) is 5.69 Å². The highest BCUT2D eigenvalue weighted by Gasteiger charge is 2.04. The van der Waals surface area contributed by atoms with Crippen molar-refractivity contribution in [1.82, 2.24) is 0 Å². The minimum absolute atomic E-state index is 0.165. The third-order valence-electron chi connectivity index (χ3n) is 2.11. The monoisotopic (exact) mass is 239 g/mol. The summed E-state index contributed by atoms with van der Waals surface area (Å²) in [6.45, 7) is 6.23. The summed E-state index contributed by atoms with van der Waals surface area (Å²) in [6.07, 6.45) is 2.64. The first-order valence-corrected chi connectivity index (χ1v) is 6.81. The Bertz CT molecular complexity index is 326. The van der Waals surface area contributed by atoms with Gasteiger partial charge in [-0.15, -0.1) is 11.8 Å². The Morgan fingerprint density at radius 3 is 2.75 bits per heavy atom. The average molecular weight is 239 g/mol. The number of unbranched alkanes of at least 4 members (excludes halogenated alkanes) is 1. The van der Waals surface area contributed by atoms with Crippen molar-refractivity contribution in [3.05, 3.63) is 18.2 Å². The third kappa shape index (κ3) is 4.35. The Balaban J connectivity index is 2.65. The van der Waals surface area contributed by atoms with Crippen molar-refractivity contribution in [2.45, 2.75) is 44.6 Å². The molecule has 2 N–H and O–H groups in total. The van der Waals surface area contributed by atoms with Crippen LogP contribution in [0.2, 0.25) is 0 Å². The molecule has 16 heavy (non-hydrogen) atoms. The van der Waals surface area contributed by atoms with Gasteiger partial charge in [0.2, 0.25) is 0 Å². The molecule has 0 aliphatic rings. The second kappa shape index (κ2) is 6.69. The Morgan fingerprint density at radius 2 is 2.12 bits per heavy atom. The summed E-state index contributed by atoms with van der Waals surface area (Å²) in [5.74, 6) is 1.96. The summed E-state index contributed by atoms with van der Waals surface area (Å²) in [5.41, 5.74) is 6.57. The number of benzene rings is 1. The number of nitrogens with two attached hydrogens (primary N) is 1. The van der Waals surface area contributed by atoms with Gasteiger partial charge in [0.15, 0.2) is 0 Å². The highest BCUT2D eigenvalue weighted by atomic mass is 32.2. The van der Waals surface area contributed by atoms with Crippen molar-refractivity contribution in [3.8, 4) is 5.75 Å². The molecule has 0 aliphatic heterocycles. The van der Waals surface area contributed by atoms with E-state index in [1.807, 2.05) is 37.7 Å². The Hall–Kier alpha value is -0.830. The maximum atomic E-state index is 5.86. The normalized spacial score (nSPS) is 10.8. The number of thioether (sulfide) groups is 1. The molecule has 0 aliphatic carbocycles. The molecule has 0 bridgehead atoms. The van der Waals surface area contributed by atoms with E-state index in [0.717, 1.165) is 11.5 Å². The molecule has 3 heteroatoms. The number of hydrogen-bond acceptors (Lipinski definition) is 3. The Morgan fingerprint density at radius 1 is 1.38 bits per heavy atom. The van der Waals surface area contributed by atoms with Crippen molar-refractivity contribution in [1.29, 1.82) is 0 Å². The van der Waals surface area contributed by atoms with Crippen LogP contribution in [-0.2, 0) is 0 Å². The number of nitrogen functional groups attached to an aromatic ring is 1. The van der Waals surface area contributed by atoms with Gasteiger partial charge in [-0.3, -0.25) is 0 Å². The van der Waals surface area contributed by atoms with Gasteiger partial charge in [0, 0.05) is 4.90 Å². The number of anilines is 1. The molecule has 0 amide bonds. The largest absolute Gasteiger partial charge is 0.489 e. The van der Waals surface area contributed by atoms with Crippen LogP contribution >= 0.6 is 11.8 Å². The van der Waals surface area contributed by atoms with Gasteiger partial charge in [-0.2, -0.15) is 0 Å². The lowest BCUT2D eigenvalue weighted by Crippen LogP contribution is -2.07. The van der Waals surface area contributed by atoms with Gasteiger partial charge in [-0.1, -0.05) is 13.3 Å². The van der Waals surface area contributed by atoms with Crippen LogP contribution in [-0.4, -0.2) is 11.9 Å². The van der Waals surface area contributed by atoms with E-state index in [1.165, 1.54) is 17.7 Å². The quantitative estimate of drug-likeness (QED) is 0.464. The first kappa shape index (κ1) is 13.2. The molecule has 90 valence electrons. The molecule has 1 aromatic rings. The Kier molecular flexibility index (Phi) is 5.53. The summed E-state index contributed by atoms with van der Waals surface area (Å²) in [4.78, 5) is 1.23. The van der Waals surface area contributed by atoms with Crippen molar-refractivity contribution in [2.24, 2.45) is 0 Å². The van der Waals surface area contributed by atoms with Gasteiger partial charge >= 0.3 is 0 Å². The SMILES string of the molecule is CCCCSc1ccc(N)c(OC(C)C)c1. The van der Waals surface area contributed by atoms with Gasteiger partial charge in [0.05, 0.1) is 11.8 Å². The van der Waals surface area contributed by atoms with Crippen molar-refractivity contribution >= 4 is 17.4 Å². The zero-order valence-corrected chi connectivity index (χ0v) is 11.1. The molecule has 0 heterocycles. The van der Waals surface area contributed by atoms with E-state index in [9.17, 15) is 0 Å². The summed E-state index contributed by atoms with van der Waals surface area (Å²) >= 11 is 1.86. The van der Waals surface area contributed by atoms with Crippen molar-refractivity contribution in [3.63, 3.8) is 0 Å². The van der Waals surface area contributed by atoms with Crippen LogP contribution < -0.4 is 10.5 Å². The molecule has 2 nitrogen and oxygen atoms in total. The van der Waals surface area contributed by atoms with Crippen LogP contribution in [0.25, 0.3) is 0 Å². The zero-order valence-electron chi connectivity index (χ0n) is 10.3. The summed E-state index contributed by atoms with van der Waals surface area (Å²) in [6, 6.07) is 6.02. The first-order chi connectivity index (χ1) is 7.63. The maximum absolute atomic E-state index is 5.86. The van der Waals surface area contributed by atoms with Gasteiger partial charge in [0.25, 0.3) is 0 Å². The summed E-state index contributed by atoms with van der Waals surface area (Å²) in [7, 11) is 0. The lowest BCUT2D eigenvalue weighted by Gasteiger charge is -2.13. The van der Waals surface area contributed by atoms with Crippen LogP contribution in [0.4, 0.5) is 5.69 Å². The van der Waals surface area contributed by atoms with E-state index in [-0.39, 0.29) is 6.10 Å². The van der Waals surface area contributed by atoms with Gasteiger partial charge in [-0.05, 0) is 44.2 Å². The molecule has 0 atom stereocenters. The summed E-state index contributed by atoms with van der Waals surface area (Å²) < 4.78 is 5.65. The van der Waals surface area contributed by atoms with E-state index < -0.39 is 0 Å². The number of hydrogen-bond donors (Lipinski definition) is 1. The van der Waals surface area contributed by atoms with Gasteiger partial charge in [-0.25, -0.2) is 0 Å². The lowest BCUT2D eigenvalue weighted by molar-refractivity contribution is 0.243. The molecule has 0 unspecified atom stereocenters. The van der Waals surface area contributed by atoms with Crippen LogP contribution in [0, 0.1) is 0 Å². The van der Waals surface area contributed by atoms with Crippen LogP contribution in [0.3, 0.4) is 0 Å². The molecule has 0 saturated carbocycles. The van der Waals surface area contributed by atoms with Crippen LogP contribution in [0.5, 0.6) is 5.75 Å². The average Bonchev–Trinajstić information content (AvgIpc) is 2.22. The number of rotatable bonds is 6. The maximum Gasteiger partial charge on any atom is 0.143 e. The highest BCUT2D eigenvalue weighted by Crippen LogP contribution is 2.29. The standard InChI is InChI=1S/C13H21NOS/c1-4-5-8-16-11-6-7-12(14)13(9-11)15-10(2)3/h6-7,9-10H,4-5,8,14H2,1-3H3. The molecule has 0 aromatic heterocycles. The highest BCUT2D eigenvalue weighted by molar-refractivity contribution is 7.99. The smallest absolute Gasteiger partial charge is 0.143 e. The molecule has 1 aromatic carbocycles. The van der Waals surface area contributed by atoms with Gasteiger partial charge in [0.1, 0.15) is 5.75 Å². The molecule has 0 saturated heterocycles. The third-order valence-corrected chi connectivity index (χ3v) is 3.19. The molecule has 1 rings (SSSR count). The zero-order chi connectivity index (χ0) is 12.0. The second-order valence-corrected chi connectivity index (χ2v) is 5.24. The lowest BCUT2D eigenvalue weighted by atomic mass is 10.3. The second-order valence-electron chi connectivity index (χ2n) is 4.07. The fraction of sp³-hybridized carbons (Fsp3) is 0.538. The minimum atomic E-state index is 0.165. The molecular formula is C13H21NOS. The van der Waals surface area contributed by atoms with Crippen molar-refractivity contribution in [2.75, 3.05) is 11.5 Å². The fourth-order valence-electron chi connectivity index (χ4n) is 1.29. The van der Waals surface area contributed by atoms with Gasteiger partial charge < -0.3 is 10.5 Å². The van der Waals surface area contributed by atoms with E-state index >= 15 is 0 Å². The topological polar surface area (TPSA) is 35.2 Å². The predicted octanol–water partition coefficient (Wildman–Crippen LogP) is 3.95. The molecule has 0 fully saturated rings. The van der Waals surface area contributed by atoms with Crippen LogP contribution in [0.1, 0.15) is 33.6 Å². The van der Waals surface area contributed by atoms with Crippen molar-refractivity contribution < 1.29 is 4.74 Å². The van der Waals surface area contributed by atoms with E-state index in [2.05, 4.69) is 13.0 Å². The fourth-order valence-corrected chi connectivity index (χ4v) is 2.32. The number of ether oxygens (including phenoxy) is 1. The predicted molar refractivity (Wildman–Crippen MR) is 72.3 cm³/mol. The first-order valence-electron chi connectivity index (χ1n) is 5.82. The summed E-state index contributed by atoms with van der Waals surface area (Å²) in [5, 5.41) is 0. The molecule has 0 radical (unpaired) electrons. The van der Waals surface area contributed by atoms with E-state index in [1.54, 1.807) is 0 Å². The van der Waals surface area contributed by atoms with E-state index in [4.69, 9.17) is 10.5 Å².